The molecule has 0 bridgehead atoms. The molecule has 0 spiro atoms. The average Bonchev–Trinajstić information content (AvgIpc) is 1.99. The zero-order valence-corrected chi connectivity index (χ0v) is 9.09. The van der Waals surface area contributed by atoms with Crippen molar-refractivity contribution in [2.75, 3.05) is 0 Å². The van der Waals surface area contributed by atoms with Crippen molar-refractivity contribution in [2.24, 2.45) is 17.3 Å². The van der Waals surface area contributed by atoms with Gasteiger partial charge in [-0.15, -0.1) is 6.58 Å². The van der Waals surface area contributed by atoms with Crippen molar-refractivity contribution < 1.29 is 5.11 Å². The Balaban J connectivity index is 2.66. The van der Waals surface area contributed by atoms with Crippen LogP contribution in [0.5, 0.6) is 0 Å². The molecule has 3 atom stereocenters. The zero-order chi connectivity index (χ0) is 10.1. The Bertz CT molecular complexity index is 184. The lowest BCUT2D eigenvalue weighted by molar-refractivity contribution is -0.0133. The van der Waals surface area contributed by atoms with Crippen LogP contribution in [0.15, 0.2) is 12.7 Å². The van der Waals surface area contributed by atoms with Crippen LogP contribution < -0.4 is 0 Å². The maximum atomic E-state index is 9.88. The number of hydrogen-bond donors (Lipinski definition) is 1. The van der Waals surface area contributed by atoms with Gasteiger partial charge in [0, 0.05) is 0 Å². The summed E-state index contributed by atoms with van der Waals surface area (Å²) in [6, 6.07) is 0. The number of aliphatic hydroxyl groups is 1. The van der Waals surface area contributed by atoms with Gasteiger partial charge in [-0.2, -0.15) is 0 Å². The lowest BCUT2D eigenvalue weighted by Gasteiger charge is -2.42. The number of hydrogen-bond acceptors (Lipinski definition) is 1. The highest BCUT2D eigenvalue weighted by molar-refractivity contribution is 4.91. The van der Waals surface area contributed by atoms with Crippen LogP contribution in [0.1, 0.15) is 40.0 Å². The van der Waals surface area contributed by atoms with Crippen molar-refractivity contribution in [2.45, 2.75) is 46.1 Å². The maximum Gasteiger partial charge on any atom is 0.0573 e. The van der Waals surface area contributed by atoms with Gasteiger partial charge in [0.05, 0.1) is 6.10 Å². The van der Waals surface area contributed by atoms with Crippen LogP contribution >= 0.6 is 0 Å². The summed E-state index contributed by atoms with van der Waals surface area (Å²) < 4.78 is 0. The molecule has 0 radical (unpaired) electrons. The van der Waals surface area contributed by atoms with Crippen molar-refractivity contribution in [3.05, 3.63) is 12.7 Å². The monoisotopic (exact) mass is 182 g/mol. The van der Waals surface area contributed by atoms with Crippen LogP contribution in [-0.4, -0.2) is 11.2 Å². The molecule has 0 aliphatic heterocycles. The summed E-state index contributed by atoms with van der Waals surface area (Å²) in [4.78, 5) is 0. The molecule has 1 fully saturated rings. The van der Waals surface area contributed by atoms with E-state index in [1.165, 1.54) is 6.42 Å². The molecule has 0 aromatic carbocycles. The van der Waals surface area contributed by atoms with Gasteiger partial charge in [0.25, 0.3) is 0 Å². The number of allylic oxidation sites excluding steroid dienone is 1. The minimum atomic E-state index is -0.117. The molecule has 13 heavy (non-hydrogen) atoms. The van der Waals surface area contributed by atoms with Crippen LogP contribution in [0.4, 0.5) is 0 Å². The van der Waals surface area contributed by atoms with Crippen LogP contribution in [0, 0.1) is 17.3 Å². The third kappa shape index (κ3) is 2.57. The van der Waals surface area contributed by atoms with E-state index in [1.807, 2.05) is 6.08 Å². The van der Waals surface area contributed by atoms with E-state index in [4.69, 9.17) is 0 Å². The maximum absolute atomic E-state index is 9.88. The lowest BCUT2D eigenvalue weighted by Crippen LogP contribution is -2.38. The van der Waals surface area contributed by atoms with Crippen molar-refractivity contribution in [1.29, 1.82) is 0 Å². The Morgan fingerprint density at radius 1 is 1.46 bits per heavy atom. The molecule has 1 unspecified atom stereocenters. The molecule has 1 aliphatic carbocycles. The third-order valence-electron chi connectivity index (χ3n) is 3.40. The molecular weight excluding hydrogens is 160 g/mol. The molecule has 0 aromatic rings. The van der Waals surface area contributed by atoms with Gasteiger partial charge in [-0.25, -0.2) is 0 Å². The fourth-order valence-electron chi connectivity index (χ4n) is 2.56. The van der Waals surface area contributed by atoms with Crippen molar-refractivity contribution in [1.82, 2.24) is 0 Å². The molecule has 0 saturated heterocycles. The predicted octanol–water partition coefficient (Wildman–Crippen LogP) is 3.00. The topological polar surface area (TPSA) is 20.2 Å². The molecule has 1 N–H and O–H groups in total. The second kappa shape index (κ2) is 3.83. The smallest absolute Gasteiger partial charge is 0.0573 e. The van der Waals surface area contributed by atoms with Gasteiger partial charge in [-0.3, -0.25) is 0 Å². The van der Waals surface area contributed by atoms with Gasteiger partial charge in [-0.05, 0) is 36.5 Å². The summed E-state index contributed by atoms with van der Waals surface area (Å²) in [6.45, 7) is 10.4. The zero-order valence-electron chi connectivity index (χ0n) is 9.09. The Kier molecular flexibility index (Phi) is 3.18. The molecule has 0 aromatic heterocycles. The van der Waals surface area contributed by atoms with E-state index in [2.05, 4.69) is 27.4 Å². The first kappa shape index (κ1) is 10.8. The Morgan fingerprint density at radius 2 is 2.08 bits per heavy atom. The van der Waals surface area contributed by atoms with E-state index >= 15 is 0 Å². The molecule has 1 nitrogen and oxygen atoms in total. The van der Waals surface area contributed by atoms with Crippen molar-refractivity contribution >= 4 is 0 Å². The van der Waals surface area contributed by atoms with Gasteiger partial charge < -0.3 is 5.11 Å². The Labute approximate surface area is 81.9 Å². The fraction of sp³-hybridized carbons (Fsp3) is 0.833. The van der Waals surface area contributed by atoms with Gasteiger partial charge in [0.1, 0.15) is 0 Å². The summed E-state index contributed by atoms with van der Waals surface area (Å²) >= 11 is 0. The highest BCUT2D eigenvalue weighted by Crippen LogP contribution is 2.43. The number of aliphatic hydroxyl groups excluding tert-OH is 1. The quantitative estimate of drug-likeness (QED) is 0.651. The molecule has 0 amide bonds. The summed E-state index contributed by atoms with van der Waals surface area (Å²) in [5, 5.41) is 9.88. The molecule has 76 valence electrons. The van der Waals surface area contributed by atoms with E-state index < -0.39 is 0 Å². The standard InChI is InChI=1S/C12H22O/c1-5-6-10-7-12(3,4)8-11(13)9(10)2/h5,9-11,13H,1,6-8H2,2-4H3/t9?,10-,11+/m0/s1. The minimum Gasteiger partial charge on any atom is -0.393 e. The van der Waals surface area contributed by atoms with E-state index in [9.17, 15) is 5.11 Å². The summed E-state index contributed by atoms with van der Waals surface area (Å²) in [7, 11) is 0. The van der Waals surface area contributed by atoms with E-state index in [0.29, 0.717) is 17.3 Å². The highest BCUT2D eigenvalue weighted by Gasteiger charge is 2.37. The van der Waals surface area contributed by atoms with Gasteiger partial charge >= 0.3 is 0 Å². The Hall–Kier alpha value is -0.300. The largest absolute Gasteiger partial charge is 0.393 e. The first-order valence-electron chi connectivity index (χ1n) is 5.25. The Morgan fingerprint density at radius 3 is 2.62 bits per heavy atom. The van der Waals surface area contributed by atoms with Gasteiger partial charge in [0.2, 0.25) is 0 Å². The lowest BCUT2D eigenvalue weighted by atomic mass is 9.65. The highest BCUT2D eigenvalue weighted by atomic mass is 16.3. The second-order valence-electron chi connectivity index (χ2n) is 5.28. The summed E-state index contributed by atoms with van der Waals surface area (Å²) in [5.41, 5.74) is 0.305. The van der Waals surface area contributed by atoms with Crippen LogP contribution in [0.3, 0.4) is 0 Å². The van der Waals surface area contributed by atoms with E-state index in [-0.39, 0.29) is 6.10 Å². The molecule has 1 aliphatic rings. The van der Waals surface area contributed by atoms with Crippen LogP contribution in [0.25, 0.3) is 0 Å². The molecule has 1 heteroatoms. The number of rotatable bonds is 2. The van der Waals surface area contributed by atoms with Crippen LogP contribution in [-0.2, 0) is 0 Å². The first-order valence-corrected chi connectivity index (χ1v) is 5.25. The average molecular weight is 182 g/mol. The third-order valence-corrected chi connectivity index (χ3v) is 3.40. The SMILES string of the molecule is C=CC[C@H]1CC(C)(C)C[C@@H](O)C1C. The second-order valence-corrected chi connectivity index (χ2v) is 5.28. The first-order chi connectivity index (χ1) is 5.96. The normalized spacial score (nSPS) is 38.6. The summed E-state index contributed by atoms with van der Waals surface area (Å²) in [5.74, 6) is 1.06. The molecule has 1 saturated carbocycles. The molecule has 1 rings (SSSR count). The van der Waals surface area contributed by atoms with Gasteiger partial charge in [-0.1, -0.05) is 26.8 Å². The van der Waals surface area contributed by atoms with Crippen LogP contribution in [0.2, 0.25) is 0 Å². The summed E-state index contributed by atoms with van der Waals surface area (Å²) in [6.07, 6.45) is 5.07. The van der Waals surface area contributed by atoms with Gasteiger partial charge in [0.15, 0.2) is 0 Å². The van der Waals surface area contributed by atoms with E-state index in [0.717, 1.165) is 12.8 Å². The van der Waals surface area contributed by atoms with E-state index in [1.54, 1.807) is 0 Å². The molecule has 0 heterocycles. The van der Waals surface area contributed by atoms with Crippen molar-refractivity contribution in [3.8, 4) is 0 Å². The predicted molar refractivity (Wildman–Crippen MR) is 56.5 cm³/mol. The minimum absolute atomic E-state index is 0.117. The molecular formula is C12H22O. The fourth-order valence-corrected chi connectivity index (χ4v) is 2.56. The van der Waals surface area contributed by atoms with Crippen molar-refractivity contribution in [3.63, 3.8) is 0 Å².